The van der Waals surface area contributed by atoms with Crippen molar-refractivity contribution in [3.8, 4) is 22.5 Å². The molecule has 0 fully saturated rings. The van der Waals surface area contributed by atoms with E-state index in [4.69, 9.17) is 5.73 Å². The monoisotopic (exact) mass is 247 g/mol. The van der Waals surface area contributed by atoms with Crippen LogP contribution in [0.15, 0.2) is 66.9 Å². The summed E-state index contributed by atoms with van der Waals surface area (Å²) in [6.45, 7) is 0. The molecule has 0 spiro atoms. The quantitative estimate of drug-likeness (QED) is 0.755. The second-order valence-corrected chi connectivity index (χ2v) is 4.25. The topological polar surface area (TPSA) is 51.8 Å². The standard InChI is InChI=1S/C16H13N3/c17-15-9-10-18-16(19-15)14-8-4-7-13(11-14)12-5-2-1-3-6-12/h1-11H,(H2,17,18,19). The van der Waals surface area contributed by atoms with Crippen LogP contribution in [0, 0.1) is 0 Å². The number of nitrogen functional groups attached to an aromatic ring is 1. The van der Waals surface area contributed by atoms with Gasteiger partial charge in [-0.3, -0.25) is 0 Å². The molecule has 0 radical (unpaired) electrons. The van der Waals surface area contributed by atoms with Crippen LogP contribution in [-0.4, -0.2) is 9.97 Å². The van der Waals surface area contributed by atoms with Crippen LogP contribution in [0.3, 0.4) is 0 Å². The van der Waals surface area contributed by atoms with Gasteiger partial charge in [-0.05, 0) is 23.3 Å². The van der Waals surface area contributed by atoms with E-state index in [1.165, 1.54) is 5.56 Å². The van der Waals surface area contributed by atoms with Gasteiger partial charge >= 0.3 is 0 Å². The van der Waals surface area contributed by atoms with Crippen molar-refractivity contribution < 1.29 is 0 Å². The van der Waals surface area contributed by atoms with Gasteiger partial charge in [0.2, 0.25) is 0 Å². The van der Waals surface area contributed by atoms with Crippen molar-refractivity contribution in [3.05, 3.63) is 66.9 Å². The van der Waals surface area contributed by atoms with Gasteiger partial charge in [-0.1, -0.05) is 48.5 Å². The highest BCUT2D eigenvalue weighted by atomic mass is 14.9. The Morgan fingerprint density at radius 3 is 2.26 bits per heavy atom. The highest BCUT2D eigenvalue weighted by Crippen LogP contribution is 2.24. The molecule has 92 valence electrons. The SMILES string of the molecule is Nc1ccnc(-c2cccc(-c3ccccc3)c2)n1. The van der Waals surface area contributed by atoms with Crippen molar-refractivity contribution in [1.29, 1.82) is 0 Å². The molecule has 3 heteroatoms. The Hall–Kier alpha value is -2.68. The average molecular weight is 247 g/mol. The Morgan fingerprint density at radius 2 is 1.47 bits per heavy atom. The minimum Gasteiger partial charge on any atom is -0.384 e. The van der Waals surface area contributed by atoms with E-state index in [0.29, 0.717) is 11.6 Å². The molecule has 0 atom stereocenters. The molecule has 0 saturated heterocycles. The van der Waals surface area contributed by atoms with Crippen molar-refractivity contribution in [2.24, 2.45) is 0 Å². The zero-order valence-corrected chi connectivity index (χ0v) is 10.3. The summed E-state index contributed by atoms with van der Waals surface area (Å²) in [5.74, 6) is 1.13. The molecule has 0 aliphatic carbocycles. The van der Waals surface area contributed by atoms with Gasteiger partial charge in [0.25, 0.3) is 0 Å². The fourth-order valence-corrected chi connectivity index (χ4v) is 1.98. The average Bonchev–Trinajstić information content (AvgIpc) is 2.48. The van der Waals surface area contributed by atoms with Gasteiger partial charge in [0.05, 0.1) is 0 Å². The molecule has 3 nitrogen and oxygen atoms in total. The van der Waals surface area contributed by atoms with Crippen molar-refractivity contribution in [2.75, 3.05) is 5.73 Å². The van der Waals surface area contributed by atoms with Crippen molar-refractivity contribution in [3.63, 3.8) is 0 Å². The number of aromatic nitrogens is 2. The molecule has 1 aromatic heterocycles. The van der Waals surface area contributed by atoms with Crippen molar-refractivity contribution >= 4 is 5.82 Å². The molecule has 3 rings (SSSR count). The van der Waals surface area contributed by atoms with E-state index in [0.717, 1.165) is 11.1 Å². The van der Waals surface area contributed by atoms with Gasteiger partial charge in [-0.25, -0.2) is 9.97 Å². The Bertz CT molecular complexity index is 693. The van der Waals surface area contributed by atoms with E-state index in [9.17, 15) is 0 Å². The first-order chi connectivity index (χ1) is 9.33. The number of rotatable bonds is 2. The molecule has 2 N–H and O–H groups in total. The van der Waals surface area contributed by atoms with E-state index in [1.807, 2.05) is 30.3 Å². The predicted molar refractivity (Wildman–Crippen MR) is 77.3 cm³/mol. The van der Waals surface area contributed by atoms with Crippen LogP contribution in [0.4, 0.5) is 5.82 Å². The molecule has 0 unspecified atom stereocenters. The summed E-state index contributed by atoms with van der Waals surface area (Å²) < 4.78 is 0. The lowest BCUT2D eigenvalue weighted by atomic mass is 10.0. The number of hydrogen-bond acceptors (Lipinski definition) is 3. The van der Waals surface area contributed by atoms with Crippen LogP contribution in [0.2, 0.25) is 0 Å². The van der Waals surface area contributed by atoms with Gasteiger partial charge in [0, 0.05) is 11.8 Å². The summed E-state index contributed by atoms with van der Waals surface area (Å²) in [6.07, 6.45) is 1.67. The lowest BCUT2D eigenvalue weighted by Crippen LogP contribution is -1.94. The Labute approximate surface area is 111 Å². The first-order valence-corrected chi connectivity index (χ1v) is 6.07. The predicted octanol–water partition coefficient (Wildman–Crippen LogP) is 3.39. The number of hydrogen-bond donors (Lipinski definition) is 1. The van der Waals surface area contributed by atoms with Crippen LogP contribution in [0.5, 0.6) is 0 Å². The molecule has 0 saturated carbocycles. The fourth-order valence-electron chi connectivity index (χ4n) is 1.98. The zero-order valence-electron chi connectivity index (χ0n) is 10.3. The maximum Gasteiger partial charge on any atom is 0.161 e. The fraction of sp³-hybridized carbons (Fsp3) is 0. The smallest absolute Gasteiger partial charge is 0.161 e. The lowest BCUT2D eigenvalue weighted by molar-refractivity contribution is 1.18. The number of nitrogens with two attached hydrogens (primary N) is 1. The Morgan fingerprint density at radius 1 is 0.737 bits per heavy atom. The second-order valence-electron chi connectivity index (χ2n) is 4.25. The molecule has 19 heavy (non-hydrogen) atoms. The first kappa shape index (κ1) is 11.4. The first-order valence-electron chi connectivity index (χ1n) is 6.07. The molecular weight excluding hydrogens is 234 g/mol. The van der Waals surface area contributed by atoms with Crippen LogP contribution >= 0.6 is 0 Å². The molecule has 0 amide bonds. The second kappa shape index (κ2) is 4.90. The van der Waals surface area contributed by atoms with E-state index in [2.05, 4.69) is 34.2 Å². The van der Waals surface area contributed by atoms with Gasteiger partial charge in [0.15, 0.2) is 5.82 Å². The third-order valence-electron chi connectivity index (χ3n) is 2.91. The maximum absolute atomic E-state index is 5.69. The van der Waals surface area contributed by atoms with Crippen molar-refractivity contribution in [1.82, 2.24) is 9.97 Å². The summed E-state index contributed by atoms with van der Waals surface area (Å²) in [5, 5.41) is 0. The molecule has 3 aromatic rings. The molecule has 0 bridgehead atoms. The van der Waals surface area contributed by atoms with Crippen LogP contribution in [0.25, 0.3) is 22.5 Å². The Kier molecular flexibility index (Phi) is 2.94. The van der Waals surface area contributed by atoms with Crippen LogP contribution in [-0.2, 0) is 0 Å². The van der Waals surface area contributed by atoms with Gasteiger partial charge in [0.1, 0.15) is 5.82 Å². The maximum atomic E-state index is 5.69. The molecule has 2 aromatic carbocycles. The van der Waals surface area contributed by atoms with Crippen molar-refractivity contribution in [2.45, 2.75) is 0 Å². The number of anilines is 1. The highest BCUT2D eigenvalue weighted by molar-refractivity contribution is 5.70. The third kappa shape index (κ3) is 2.45. The largest absolute Gasteiger partial charge is 0.384 e. The van der Waals surface area contributed by atoms with Gasteiger partial charge < -0.3 is 5.73 Å². The van der Waals surface area contributed by atoms with Crippen LogP contribution < -0.4 is 5.73 Å². The molecule has 0 aliphatic heterocycles. The summed E-state index contributed by atoms with van der Waals surface area (Å²) >= 11 is 0. The molecule has 0 aliphatic rings. The highest BCUT2D eigenvalue weighted by Gasteiger charge is 2.03. The van der Waals surface area contributed by atoms with E-state index < -0.39 is 0 Å². The molecular formula is C16H13N3. The van der Waals surface area contributed by atoms with E-state index in [-0.39, 0.29) is 0 Å². The zero-order chi connectivity index (χ0) is 13.1. The van der Waals surface area contributed by atoms with E-state index >= 15 is 0 Å². The minimum atomic E-state index is 0.482. The van der Waals surface area contributed by atoms with Crippen LogP contribution in [0.1, 0.15) is 0 Å². The summed E-state index contributed by atoms with van der Waals surface area (Å²) in [5.41, 5.74) is 8.98. The molecule has 1 heterocycles. The Balaban J connectivity index is 2.06. The number of nitrogens with zero attached hydrogens (tertiary/aromatic N) is 2. The third-order valence-corrected chi connectivity index (χ3v) is 2.91. The lowest BCUT2D eigenvalue weighted by Gasteiger charge is -2.05. The van der Waals surface area contributed by atoms with Gasteiger partial charge in [-0.15, -0.1) is 0 Å². The summed E-state index contributed by atoms with van der Waals surface area (Å²) in [7, 11) is 0. The normalized spacial score (nSPS) is 10.3. The minimum absolute atomic E-state index is 0.482. The summed E-state index contributed by atoms with van der Waals surface area (Å²) in [4.78, 5) is 8.50. The summed E-state index contributed by atoms with van der Waals surface area (Å²) in [6, 6.07) is 20.1. The number of benzene rings is 2. The van der Waals surface area contributed by atoms with Gasteiger partial charge in [-0.2, -0.15) is 0 Å². The van der Waals surface area contributed by atoms with E-state index in [1.54, 1.807) is 12.3 Å².